The minimum atomic E-state index is -0.593. The van der Waals surface area contributed by atoms with Crippen molar-refractivity contribution in [2.75, 3.05) is 37.6 Å². The SMILES string of the molecule is CC(CN1CCN(c2ccccn2)CC1)NC(=O)C1CC1c1ccc(F)cc1F. The molecule has 0 spiro atoms. The fourth-order valence-corrected chi connectivity index (χ4v) is 4.11. The van der Waals surface area contributed by atoms with Crippen LogP contribution in [0, 0.1) is 17.6 Å². The third-order valence-corrected chi connectivity index (χ3v) is 5.76. The van der Waals surface area contributed by atoms with Crippen molar-refractivity contribution in [3.05, 3.63) is 59.8 Å². The van der Waals surface area contributed by atoms with E-state index in [0.29, 0.717) is 12.0 Å². The van der Waals surface area contributed by atoms with E-state index in [2.05, 4.69) is 20.1 Å². The monoisotopic (exact) mass is 400 g/mol. The number of halogens is 2. The number of rotatable bonds is 6. The maximum absolute atomic E-state index is 13.9. The van der Waals surface area contributed by atoms with Crippen LogP contribution in [0.15, 0.2) is 42.6 Å². The molecule has 3 unspecified atom stereocenters. The first-order valence-corrected chi connectivity index (χ1v) is 10.1. The number of carbonyl (C=O) groups is 1. The molecule has 2 aliphatic rings. The molecule has 1 N–H and O–H groups in total. The number of hydrogen-bond donors (Lipinski definition) is 1. The molecule has 2 aromatic rings. The van der Waals surface area contributed by atoms with Gasteiger partial charge >= 0.3 is 0 Å². The standard InChI is InChI=1S/C22H26F2N4O/c1-15(14-27-8-10-28(11-9-27)21-4-2-3-7-25-21)26-22(29)19-13-18(19)17-6-5-16(23)12-20(17)24/h2-7,12,15,18-19H,8-11,13-14H2,1H3,(H,26,29). The molecule has 29 heavy (non-hydrogen) atoms. The molecular formula is C22H26F2N4O. The highest BCUT2D eigenvalue weighted by Gasteiger charge is 2.45. The molecule has 154 valence electrons. The maximum Gasteiger partial charge on any atom is 0.224 e. The Morgan fingerprint density at radius 1 is 1.21 bits per heavy atom. The molecule has 5 nitrogen and oxygen atoms in total. The molecular weight excluding hydrogens is 374 g/mol. The maximum atomic E-state index is 13.9. The van der Waals surface area contributed by atoms with Crippen LogP contribution in [-0.4, -0.2) is 54.6 Å². The number of benzene rings is 1. The molecule has 1 amide bonds. The van der Waals surface area contributed by atoms with Gasteiger partial charge in [0.05, 0.1) is 0 Å². The first-order chi connectivity index (χ1) is 14.0. The predicted molar refractivity (Wildman–Crippen MR) is 108 cm³/mol. The van der Waals surface area contributed by atoms with Gasteiger partial charge < -0.3 is 10.2 Å². The van der Waals surface area contributed by atoms with Crippen LogP contribution in [0.1, 0.15) is 24.8 Å². The Kier molecular flexibility index (Phi) is 5.76. The van der Waals surface area contributed by atoms with Gasteiger partial charge in [0.1, 0.15) is 17.5 Å². The van der Waals surface area contributed by atoms with Gasteiger partial charge in [-0.15, -0.1) is 0 Å². The van der Waals surface area contributed by atoms with Crippen LogP contribution >= 0.6 is 0 Å². The summed E-state index contributed by atoms with van der Waals surface area (Å²) in [5.74, 6) is -0.573. The zero-order chi connectivity index (χ0) is 20.4. The van der Waals surface area contributed by atoms with Gasteiger partial charge in [-0.05, 0) is 43.0 Å². The van der Waals surface area contributed by atoms with E-state index >= 15 is 0 Å². The largest absolute Gasteiger partial charge is 0.354 e. The van der Waals surface area contributed by atoms with E-state index in [1.807, 2.05) is 31.3 Å². The lowest BCUT2D eigenvalue weighted by Crippen LogP contribution is -2.51. The van der Waals surface area contributed by atoms with Crippen LogP contribution in [-0.2, 0) is 4.79 Å². The summed E-state index contributed by atoms with van der Waals surface area (Å²) in [5, 5.41) is 3.06. The van der Waals surface area contributed by atoms with Crippen molar-refractivity contribution in [2.24, 2.45) is 5.92 Å². The number of aromatic nitrogens is 1. The lowest BCUT2D eigenvalue weighted by molar-refractivity contribution is -0.123. The molecule has 7 heteroatoms. The Morgan fingerprint density at radius 3 is 2.69 bits per heavy atom. The lowest BCUT2D eigenvalue weighted by atomic mass is 10.1. The molecule has 1 aromatic carbocycles. The highest BCUT2D eigenvalue weighted by atomic mass is 19.1. The number of amides is 1. The van der Waals surface area contributed by atoms with Crippen molar-refractivity contribution < 1.29 is 13.6 Å². The number of hydrogen-bond acceptors (Lipinski definition) is 4. The normalized spacial score (nSPS) is 22.9. The van der Waals surface area contributed by atoms with Crippen LogP contribution in [0.25, 0.3) is 0 Å². The van der Waals surface area contributed by atoms with Gasteiger partial charge in [0.2, 0.25) is 5.91 Å². The number of piperazine rings is 1. The molecule has 0 bridgehead atoms. The quantitative estimate of drug-likeness (QED) is 0.810. The van der Waals surface area contributed by atoms with Crippen LogP contribution in [0.2, 0.25) is 0 Å². The molecule has 1 aromatic heterocycles. The summed E-state index contributed by atoms with van der Waals surface area (Å²) >= 11 is 0. The Balaban J connectivity index is 1.22. The summed E-state index contributed by atoms with van der Waals surface area (Å²) in [6, 6.07) is 9.54. The first kappa shape index (κ1) is 19.8. The van der Waals surface area contributed by atoms with Crippen molar-refractivity contribution in [3.8, 4) is 0 Å². The van der Waals surface area contributed by atoms with Crippen LogP contribution in [0.3, 0.4) is 0 Å². The number of nitrogens with one attached hydrogen (secondary N) is 1. The topological polar surface area (TPSA) is 48.5 Å². The summed E-state index contributed by atoms with van der Waals surface area (Å²) in [4.78, 5) is 21.5. The Morgan fingerprint density at radius 2 is 2.00 bits per heavy atom. The van der Waals surface area contributed by atoms with Gasteiger partial charge in [0.15, 0.2) is 0 Å². The average Bonchev–Trinajstić information content (AvgIpc) is 3.50. The van der Waals surface area contributed by atoms with E-state index in [4.69, 9.17) is 0 Å². The van der Waals surface area contributed by atoms with Crippen LogP contribution in [0.5, 0.6) is 0 Å². The second kappa shape index (κ2) is 8.45. The molecule has 2 fully saturated rings. The molecule has 1 saturated carbocycles. The number of nitrogens with zero attached hydrogens (tertiary/aromatic N) is 3. The third-order valence-electron chi connectivity index (χ3n) is 5.76. The molecule has 1 saturated heterocycles. The van der Waals surface area contributed by atoms with Crippen molar-refractivity contribution in [1.82, 2.24) is 15.2 Å². The zero-order valence-electron chi connectivity index (χ0n) is 16.5. The minimum absolute atomic E-state index is 0.0169. The van der Waals surface area contributed by atoms with E-state index in [1.54, 1.807) is 0 Å². The van der Waals surface area contributed by atoms with E-state index in [-0.39, 0.29) is 23.8 Å². The Hall–Kier alpha value is -2.54. The van der Waals surface area contributed by atoms with Gasteiger partial charge in [-0.1, -0.05) is 12.1 Å². The fourth-order valence-electron chi connectivity index (χ4n) is 4.11. The van der Waals surface area contributed by atoms with Gasteiger partial charge in [-0.2, -0.15) is 0 Å². The number of carbonyl (C=O) groups excluding carboxylic acids is 1. The highest BCUT2D eigenvalue weighted by Crippen LogP contribution is 2.48. The summed E-state index contributed by atoms with van der Waals surface area (Å²) in [5.41, 5.74) is 0.435. The van der Waals surface area contributed by atoms with Gasteiger partial charge in [0.25, 0.3) is 0 Å². The average molecular weight is 400 g/mol. The predicted octanol–water partition coefficient (Wildman–Crippen LogP) is 2.79. The second-order valence-corrected chi connectivity index (χ2v) is 8.00. The molecule has 2 heterocycles. The van der Waals surface area contributed by atoms with Crippen LogP contribution < -0.4 is 10.2 Å². The first-order valence-electron chi connectivity index (χ1n) is 10.1. The lowest BCUT2D eigenvalue weighted by Gasteiger charge is -2.36. The van der Waals surface area contributed by atoms with E-state index in [0.717, 1.165) is 44.6 Å². The third kappa shape index (κ3) is 4.72. The summed E-state index contributed by atoms with van der Waals surface area (Å²) < 4.78 is 27.0. The minimum Gasteiger partial charge on any atom is -0.354 e. The molecule has 0 radical (unpaired) electrons. The Bertz CT molecular complexity index is 855. The fraction of sp³-hybridized carbons (Fsp3) is 0.455. The van der Waals surface area contributed by atoms with E-state index in [9.17, 15) is 13.6 Å². The van der Waals surface area contributed by atoms with Crippen molar-refractivity contribution in [3.63, 3.8) is 0 Å². The molecule has 1 aliphatic carbocycles. The summed E-state index contributed by atoms with van der Waals surface area (Å²) in [6.07, 6.45) is 2.42. The van der Waals surface area contributed by atoms with Crippen molar-refractivity contribution in [1.29, 1.82) is 0 Å². The smallest absolute Gasteiger partial charge is 0.224 e. The molecule has 4 rings (SSSR count). The highest BCUT2D eigenvalue weighted by molar-refractivity contribution is 5.83. The van der Waals surface area contributed by atoms with Gasteiger partial charge in [-0.3, -0.25) is 9.69 Å². The zero-order valence-corrected chi connectivity index (χ0v) is 16.5. The van der Waals surface area contributed by atoms with E-state index in [1.165, 1.54) is 12.1 Å². The number of anilines is 1. The summed E-state index contributed by atoms with van der Waals surface area (Å²) in [7, 11) is 0. The van der Waals surface area contributed by atoms with Gasteiger partial charge in [-0.25, -0.2) is 13.8 Å². The second-order valence-electron chi connectivity index (χ2n) is 8.00. The van der Waals surface area contributed by atoms with Crippen LogP contribution in [0.4, 0.5) is 14.6 Å². The van der Waals surface area contributed by atoms with E-state index < -0.39 is 11.6 Å². The number of pyridine rings is 1. The molecule has 3 atom stereocenters. The van der Waals surface area contributed by atoms with Crippen molar-refractivity contribution in [2.45, 2.75) is 25.3 Å². The summed E-state index contributed by atoms with van der Waals surface area (Å²) in [6.45, 7) is 6.44. The van der Waals surface area contributed by atoms with Crippen molar-refractivity contribution >= 4 is 11.7 Å². The van der Waals surface area contributed by atoms with Gasteiger partial charge in [0, 0.05) is 56.9 Å². The molecule has 1 aliphatic heterocycles. The Labute approximate surface area is 169 Å².